The molecule has 8 nitrogen and oxygen atoms in total. The molecule has 4 aliphatic rings. The van der Waals surface area contributed by atoms with Gasteiger partial charge in [0.25, 0.3) is 0 Å². The Morgan fingerprint density at radius 1 is 0.740 bits per heavy atom. The lowest BCUT2D eigenvalue weighted by atomic mass is 9.67. The molecule has 0 bridgehead atoms. The summed E-state index contributed by atoms with van der Waals surface area (Å²) in [4.78, 5) is 45.8. The SMILES string of the molecule is O=C(NC[C@H]1CCC[N+]2(CCCC2)C1)[C@H]1CCCN1C(=O)[C@@H]1C[C@@H](O)CN1C(=O)CC(c1ccccc1)(c1ccccc1)c1ccccc1.[Cl-]. The van der Waals surface area contributed by atoms with Crippen molar-refractivity contribution in [2.24, 2.45) is 5.92 Å². The minimum absolute atomic E-state index is 0. The van der Waals surface area contributed by atoms with Crippen molar-refractivity contribution < 1.29 is 36.4 Å². The summed E-state index contributed by atoms with van der Waals surface area (Å²) in [5.74, 6) is -0.0370. The Morgan fingerprint density at radius 2 is 1.30 bits per heavy atom. The third kappa shape index (κ3) is 7.21. The van der Waals surface area contributed by atoms with Crippen molar-refractivity contribution in [3.05, 3.63) is 108 Å². The fourth-order valence-corrected chi connectivity index (χ4v) is 9.51. The molecule has 0 aliphatic carbocycles. The van der Waals surface area contributed by atoms with Gasteiger partial charge in [-0.05, 0) is 42.4 Å². The Kier molecular flexibility index (Phi) is 11.3. The lowest BCUT2D eigenvalue weighted by molar-refractivity contribution is -0.924. The molecule has 4 heterocycles. The number of nitrogens with one attached hydrogen (secondary N) is 1. The molecule has 4 fully saturated rings. The summed E-state index contributed by atoms with van der Waals surface area (Å²) in [5, 5.41) is 14.1. The minimum Gasteiger partial charge on any atom is -1.00 e. The molecular weight excluding hydrogens is 648 g/mol. The van der Waals surface area contributed by atoms with Crippen molar-refractivity contribution in [2.45, 2.75) is 75.0 Å². The summed E-state index contributed by atoms with van der Waals surface area (Å²) < 4.78 is 1.21. The molecule has 4 saturated heterocycles. The zero-order valence-corrected chi connectivity index (χ0v) is 29.7. The van der Waals surface area contributed by atoms with Crippen LogP contribution in [-0.2, 0) is 19.8 Å². The predicted molar refractivity (Wildman–Crippen MR) is 189 cm³/mol. The number of carbonyl (C=O) groups is 3. The number of aliphatic hydroxyl groups excluding tert-OH is 1. The van der Waals surface area contributed by atoms with Gasteiger partial charge < -0.3 is 37.1 Å². The summed E-state index contributed by atoms with van der Waals surface area (Å²) in [6.45, 7) is 6.17. The number of β-amino-alcohol motifs (C(OH)–C–C–N with tert-alkyl or cyclic N) is 1. The maximum Gasteiger partial charge on any atom is 0.246 e. The molecule has 4 aliphatic heterocycles. The van der Waals surface area contributed by atoms with Crippen LogP contribution in [0, 0.1) is 5.92 Å². The molecule has 50 heavy (non-hydrogen) atoms. The van der Waals surface area contributed by atoms with Gasteiger partial charge in [-0.15, -0.1) is 0 Å². The predicted octanol–water partition coefficient (Wildman–Crippen LogP) is 1.50. The molecule has 0 unspecified atom stereocenters. The van der Waals surface area contributed by atoms with Crippen molar-refractivity contribution in [3.63, 3.8) is 0 Å². The largest absolute Gasteiger partial charge is 1.00 e. The molecular formula is C41H51ClN4O4. The number of benzene rings is 3. The van der Waals surface area contributed by atoms with E-state index in [0.29, 0.717) is 25.4 Å². The van der Waals surface area contributed by atoms with Gasteiger partial charge in [0, 0.05) is 51.2 Å². The first-order chi connectivity index (χ1) is 23.9. The number of quaternary nitrogens is 1. The van der Waals surface area contributed by atoms with E-state index in [9.17, 15) is 19.5 Å². The number of hydrogen-bond acceptors (Lipinski definition) is 4. The fourth-order valence-electron chi connectivity index (χ4n) is 9.51. The lowest BCUT2D eigenvalue weighted by Gasteiger charge is -2.41. The van der Waals surface area contributed by atoms with Crippen LogP contribution in [0.2, 0.25) is 0 Å². The van der Waals surface area contributed by atoms with Crippen LogP contribution in [0.25, 0.3) is 0 Å². The lowest BCUT2D eigenvalue weighted by Crippen LogP contribution is -3.00. The Labute approximate surface area is 302 Å². The smallest absolute Gasteiger partial charge is 0.246 e. The van der Waals surface area contributed by atoms with E-state index in [2.05, 4.69) is 41.7 Å². The Bertz CT molecular complexity index is 1500. The highest BCUT2D eigenvalue weighted by Gasteiger charge is 2.47. The molecule has 9 heteroatoms. The van der Waals surface area contributed by atoms with Crippen LogP contribution < -0.4 is 17.7 Å². The third-order valence-electron chi connectivity index (χ3n) is 11.9. The highest BCUT2D eigenvalue weighted by Crippen LogP contribution is 2.43. The highest BCUT2D eigenvalue weighted by molar-refractivity contribution is 5.93. The van der Waals surface area contributed by atoms with Crippen LogP contribution in [0.3, 0.4) is 0 Å². The summed E-state index contributed by atoms with van der Waals surface area (Å²) in [6.07, 6.45) is 5.78. The van der Waals surface area contributed by atoms with Crippen LogP contribution in [0.15, 0.2) is 91.0 Å². The van der Waals surface area contributed by atoms with Crippen molar-refractivity contribution in [1.82, 2.24) is 15.1 Å². The molecule has 3 aromatic rings. The van der Waals surface area contributed by atoms with Crippen LogP contribution in [-0.4, -0.2) is 101 Å². The normalized spacial score (nSPS) is 24.6. The summed E-state index contributed by atoms with van der Waals surface area (Å²) in [7, 11) is 0. The van der Waals surface area contributed by atoms with Gasteiger partial charge in [0.1, 0.15) is 12.1 Å². The minimum atomic E-state index is -0.813. The monoisotopic (exact) mass is 698 g/mol. The fraction of sp³-hybridized carbons (Fsp3) is 0.488. The van der Waals surface area contributed by atoms with E-state index in [0.717, 1.165) is 36.1 Å². The average Bonchev–Trinajstić information content (AvgIpc) is 3.91. The Hall–Kier alpha value is -3.72. The van der Waals surface area contributed by atoms with E-state index >= 15 is 0 Å². The first-order valence-electron chi connectivity index (χ1n) is 18.5. The van der Waals surface area contributed by atoms with Gasteiger partial charge in [-0.1, -0.05) is 91.0 Å². The summed E-state index contributed by atoms with van der Waals surface area (Å²) in [5.41, 5.74) is 2.13. The van der Waals surface area contributed by atoms with Gasteiger partial charge in [0.15, 0.2) is 0 Å². The number of piperidine rings is 1. The van der Waals surface area contributed by atoms with Gasteiger partial charge in [0.2, 0.25) is 17.7 Å². The summed E-state index contributed by atoms with van der Waals surface area (Å²) in [6, 6.07) is 28.9. The molecule has 0 radical (unpaired) electrons. The number of hydrogen-bond donors (Lipinski definition) is 2. The van der Waals surface area contributed by atoms with E-state index in [4.69, 9.17) is 0 Å². The van der Waals surface area contributed by atoms with Crippen LogP contribution in [0.4, 0.5) is 0 Å². The number of rotatable bonds is 9. The van der Waals surface area contributed by atoms with Crippen molar-refractivity contribution in [2.75, 3.05) is 45.8 Å². The number of likely N-dealkylation sites (tertiary alicyclic amines) is 2. The van der Waals surface area contributed by atoms with Crippen molar-refractivity contribution in [1.29, 1.82) is 0 Å². The van der Waals surface area contributed by atoms with Crippen LogP contribution >= 0.6 is 0 Å². The van der Waals surface area contributed by atoms with Gasteiger partial charge in [-0.25, -0.2) is 0 Å². The number of nitrogens with zero attached hydrogens (tertiary/aromatic N) is 3. The molecule has 3 amide bonds. The number of carbonyl (C=O) groups excluding carboxylic acids is 3. The molecule has 7 rings (SSSR count). The van der Waals surface area contributed by atoms with Crippen LogP contribution in [0.1, 0.15) is 68.1 Å². The third-order valence-corrected chi connectivity index (χ3v) is 11.9. The van der Waals surface area contributed by atoms with Gasteiger partial charge in [0.05, 0.1) is 37.7 Å². The number of halogens is 1. The average molecular weight is 699 g/mol. The second kappa shape index (κ2) is 15.7. The molecule has 266 valence electrons. The Balaban J connectivity index is 0.00000432. The molecule has 1 spiro atoms. The van der Waals surface area contributed by atoms with Gasteiger partial charge >= 0.3 is 0 Å². The van der Waals surface area contributed by atoms with Crippen molar-refractivity contribution in [3.8, 4) is 0 Å². The second-order valence-corrected chi connectivity index (χ2v) is 15.0. The Morgan fingerprint density at radius 3 is 1.88 bits per heavy atom. The maximum absolute atomic E-state index is 14.6. The van der Waals surface area contributed by atoms with E-state index in [1.807, 2.05) is 54.6 Å². The van der Waals surface area contributed by atoms with Gasteiger partial charge in [-0.2, -0.15) is 0 Å². The zero-order valence-electron chi connectivity index (χ0n) is 29.0. The quantitative estimate of drug-likeness (QED) is 0.262. The second-order valence-electron chi connectivity index (χ2n) is 15.0. The van der Waals surface area contributed by atoms with E-state index in [1.165, 1.54) is 43.4 Å². The first-order valence-corrected chi connectivity index (χ1v) is 18.5. The molecule has 0 aromatic heterocycles. The zero-order chi connectivity index (χ0) is 33.8. The highest BCUT2D eigenvalue weighted by atomic mass is 35.5. The first kappa shape index (κ1) is 36.1. The molecule has 0 saturated carbocycles. The van der Waals surface area contributed by atoms with Crippen molar-refractivity contribution >= 4 is 17.7 Å². The number of amides is 3. The van der Waals surface area contributed by atoms with E-state index < -0.39 is 23.6 Å². The topological polar surface area (TPSA) is 89.9 Å². The maximum atomic E-state index is 14.6. The van der Waals surface area contributed by atoms with E-state index in [-0.39, 0.29) is 49.5 Å². The molecule has 4 atom stereocenters. The molecule has 2 N–H and O–H groups in total. The number of aliphatic hydroxyl groups is 1. The molecule has 3 aromatic carbocycles. The summed E-state index contributed by atoms with van der Waals surface area (Å²) >= 11 is 0. The van der Waals surface area contributed by atoms with Crippen LogP contribution in [0.5, 0.6) is 0 Å². The van der Waals surface area contributed by atoms with Gasteiger partial charge in [-0.3, -0.25) is 14.4 Å². The van der Waals surface area contributed by atoms with E-state index in [1.54, 1.807) is 9.80 Å². The standard InChI is InChI=1S/C41H50N4O4.ClH/c46-35-26-37(40(49)43-22-12-21-36(43)39(48)42-28-31-14-13-25-45(30-31)23-10-11-24-45)44(29-35)38(47)27-41(32-15-4-1-5-16-32,33-17-6-2-7-18-33)34-19-8-3-9-20-34;/h1-9,15-20,31,35-37,46H,10-14,21-30H2;1H/t31-,35-,36-,37+;/m1./s1.